The van der Waals surface area contributed by atoms with Gasteiger partial charge in [0.2, 0.25) is 0 Å². The summed E-state index contributed by atoms with van der Waals surface area (Å²) in [6.45, 7) is 2.04. The second-order valence-corrected chi connectivity index (χ2v) is 4.47. The van der Waals surface area contributed by atoms with Crippen LogP contribution in [-0.2, 0) is 11.2 Å². The van der Waals surface area contributed by atoms with E-state index in [4.69, 9.17) is 0 Å². The molecule has 0 aliphatic carbocycles. The summed E-state index contributed by atoms with van der Waals surface area (Å²) in [4.78, 5) is 11.4. The Morgan fingerprint density at radius 3 is 2.45 bits per heavy atom. The minimum Gasteiger partial charge on any atom is -0.478 e. The normalized spacial score (nSPS) is 11.4. The van der Waals surface area contributed by atoms with E-state index in [9.17, 15) is 14.3 Å². The number of hydrogen-bond donors (Lipinski definition) is 1. The molecular weight excluding hydrogens is 255 g/mol. The average Bonchev–Trinajstić information content (AvgIpc) is 2.45. The van der Waals surface area contributed by atoms with Crippen molar-refractivity contribution in [3.8, 4) is 0 Å². The minimum atomic E-state index is -1.03. The van der Waals surface area contributed by atoms with Crippen LogP contribution >= 0.6 is 0 Å². The highest BCUT2D eigenvalue weighted by atomic mass is 19.1. The first-order chi connectivity index (χ1) is 9.60. The van der Waals surface area contributed by atoms with Crippen molar-refractivity contribution < 1.29 is 14.3 Å². The SMILES string of the molecule is CCc1ccc(/C(=C/c2cccc(F)c2)C(=O)O)cc1. The van der Waals surface area contributed by atoms with E-state index in [1.165, 1.54) is 18.2 Å². The molecule has 0 saturated heterocycles. The van der Waals surface area contributed by atoms with Gasteiger partial charge in [-0.2, -0.15) is 0 Å². The summed E-state index contributed by atoms with van der Waals surface area (Å²) in [5, 5.41) is 9.32. The maximum Gasteiger partial charge on any atom is 0.336 e. The van der Waals surface area contributed by atoms with Crippen LogP contribution in [0.4, 0.5) is 4.39 Å². The second kappa shape index (κ2) is 6.15. The standard InChI is InChI=1S/C17H15FO2/c1-2-12-6-8-14(9-7-12)16(17(19)20)11-13-4-3-5-15(18)10-13/h3-11H,2H2,1H3,(H,19,20)/b16-11-. The number of hydrogen-bond acceptors (Lipinski definition) is 1. The van der Waals surface area contributed by atoms with E-state index in [1.807, 2.05) is 19.1 Å². The fourth-order valence-electron chi connectivity index (χ4n) is 1.95. The zero-order valence-corrected chi connectivity index (χ0v) is 11.1. The van der Waals surface area contributed by atoms with E-state index in [0.29, 0.717) is 11.1 Å². The van der Waals surface area contributed by atoms with E-state index in [1.54, 1.807) is 24.3 Å². The molecule has 0 amide bonds. The van der Waals surface area contributed by atoms with E-state index in [-0.39, 0.29) is 11.4 Å². The lowest BCUT2D eigenvalue weighted by atomic mass is 10.0. The molecule has 2 aromatic carbocycles. The van der Waals surface area contributed by atoms with Crippen LogP contribution in [0, 0.1) is 5.82 Å². The van der Waals surface area contributed by atoms with Gasteiger partial charge in [-0.05, 0) is 41.3 Å². The van der Waals surface area contributed by atoms with Crippen molar-refractivity contribution in [2.24, 2.45) is 0 Å². The molecule has 0 atom stereocenters. The molecule has 20 heavy (non-hydrogen) atoms. The molecule has 0 fully saturated rings. The van der Waals surface area contributed by atoms with E-state index < -0.39 is 5.97 Å². The highest BCUT2D eigenvalue weighted by Crippen LogP contribution is 2.20. The molecule has 3 heteroatoms. The molecule has 2 aromatic rings. The Kier molecular flexibility index (Phi) is 4.31. The Morgan fingerprint density at radius 1 is 1.20 bits per heavy atom. The zero-order valence-electron chi connectivity index (χ0n) is 11.1. The number of rotatable bonds is 4. The molecular formula is C17H15FO2. The fraction of sp³-hybridized carbons (Fsp3) is 0.118. The van der Waals surface area contributed by atoms with E-state index in [0.717, 1.165) is 12.0 Å². The van der Waals surface area contributed by atoms with Crippen LogP contribution in [0.5, 0.6) is 0 Å². The Hall–Kier alpha value is -2.42. The average molecular weight is 270 g/mol. The Bertz CT molecular complexity index is 642. The van der Waals surface area contributed by atoms with Gasteiger partial charge < -0.3 is 5.11 Å². The van der Waals surface area contributed by atoms with Crippen LogP contribution in [0.15, 0.2) is 48.5 Å². The van der Waals surface area contributed by atoms with Crippen LogP contribution in [0.3, 0.4) is 0 Å². The molecule has 2 rings (SSSR count). The third-order valence-electron chi connectivity index (χ3n) is 3.06. The molecule has 1 N–H and O–H groups in total. The lowest BCUT2D eigenvalue weighted by Crippen LogP contribution is -2.00. The molecule has 0 aliphatic rings. The summed E-state index contributed by atoms with van der Waals surface area (Å²) in [6.07, 6.45) is 2.38. The lowest BCUT2D eigenvalue weighted by molar-refractivity contribution is -0.130. The number of benzene rings is 2. The number of aryl methyl sites for hydroxylation is 1. The van der Waals surface area contributed by atoms with Gasteiger partial charge in [-0.3, -0.25) is 0 Å². The van der Waals surface area contributed by atoms with Crippen molar-refractivity contribution in [2.45, 2.75) is 13.3 Å². The number of carbonyl (C=O) groups is 1. The molecule has 0 bridgehead atoms. The molecule has 0 aromatic heterocycles. The number of halogens is 1. The van der Waals surface area contributed by atoms with Gasteiger partial charge in [0.1, 0.15) is 5.82 Å². The van der Waals surface area contributed by atoms with Crippen molar-refractivity contribution in [1.29, 1.82) is 0 Å². The van der Waals surface area contributed by atoms with Gasteiger partial charge in [0.15, 0.2) is 0 Å². The third-order valence-corrected chi connectivity index (χ3v) is 3.06. The van der Waals surface area contributed by atoms with Crippen LogP contribution < -0.4 is 0 Å². The van der Waals surface area contributed by atoms with Crippen LogP contribution in [0.2, 0.25) is 0 Å². The monoisotopic (exact) mass is 270 g/mol. The van der Waals surface area contributed by atoms with Crippen LogP contribution in [-0.4, -0.2) is 11.1 Å². The predicted octanol–water partition coefficient (Wildman–Crippen LogP) is 4.01. The van der Waals surface area contributed by atoms with Crippen molar-refractivity contribution in [3.05, 3.63) is 71.0 Å². The van der Waals surface area contributed by atoms with Crippen molar-refractivity contribution in [2.75, 3.05) is 0 Å². The van der Waals surface area contributed by atoms with Crippen LogP contribution in [0.25, 0.3) is 11.6 Å². The predicted molar refractivity (Wildman–Crippen MR) is 77.7 cm³/mol. The molecule has 0 radical (unpaired) electrons. The van der Waals surface area contributed by atoms with E-state index >= 15 is 0 Å². The molecule has 2 nitrogen and oxygen atoms in total. The van der Waals surface area contributed by atoms with Gasteiger partial charge in [-0.1, -0.05) is 43.3 Å². The van der Waals surface area contributed by atoms with Crippen LogP contribution in [0.1, 0.15) is 23.6 Å². The molecule has 0 spiro atoms. The maximum absolute atomic E-state index is 13.1. The lowest BCUT2D eigenvalue weighted by Gasteiger charge is -2.05. The van der Waals surface area contributed by atoms with Gasteiger partial charge in [0.25, 0.3) is 0 Å². The molecule has 102 valence electrons. The smallest absolute Gasteiger partial charge is 0.336 e. The number of carboxylic acid groups (broad SMARTS) is 1. The first-order valence-electron chi connectivity index (χ1n) is 6.40. The Labute approximate surface area is 117 Å². The summed E-state index contributed by atoms with van der Waals surface area (Å²) < 4.78 is 13.1. The minimum absolute atomic E-state index is 0.151. The van der Waals surface area contributed by atoms with E-state index in [2.05, 4.69) is 0 Å². The Morgan fingerprint density at radius 2 is 1.90 bits per heavy atom. The third kappa shape index (κ3) is 3.32. The summed E-state index contributed by atoms with van der Waals surface area (Å²) in [5.74, 6) is -1.41. The molecule has 0 aliphatic heterocycles. The highest BCUT2D eigenvalue weighted by Gasteiger charge is 2.10. The van der Waals surface area contributed by atoms with Gasteiger partial charge in [0, 0.05) is 0 Å². The number of carboxylic acids is 1. The van der Waals surface area contributed by atoms with Crippen molar-refractivity contribution >= 4 is 17.6 Å². The van der Waals surface area contributed by atoms with Crippen molar-refractivity contribution in [3.63, 3.8) is 0 Å². The van der Waals surface area contributed by atoms with Gasteiger partial charge >= 0.3 is 5.97 Å². The van der Waals surface area contributed by atoms with Gasteiger partial charge in [-0.15, -0.1) is 0 Å². The topological polar surface area (TPSA) is 37.3 Å². The van der Waals surface area contributed by atoms with Crippen molar-refractivity contribution in [1.82, 2.24) is 0 Å². The molecule has 0 saturated carbocycles. The quantitative estimate of drug-likeness (QED) is 0.673. The first kappa shape index (κ1) is 14.0. The number of aliphatic carboxylic acids is 1. The first-order valence-corrected chi connectivity index (χ1v) is 6.40. The summed E-state index contributed by atoms with van der Waals surface area (Å²) >= 11 is 0. The maximum atomic E-state index is 13.1. The zero-order chi connectivity index (χ0) is 14.5. The fourth-order valence-corrected chi connectivity index (χ4v) is 1.95. The van der Waals surface area contributed by atoms with Gasteiger partial charge in [0.05, 0.1) is 5.57 Å². The second-order valence-electron chi connectivity index (χ2n) is 4.47. The summed E-state index contributed by atoms with van der Waals surface area (Å²) in [5.41, 5.74) is 2.43. The molecule has 0 heterocycles. The summed E-state index contributed by atoms with van der Waals surface area (Å²) in [7, 11) is 0. The summed E-state index contributed by atoms with van der Waals surface area (Å²) in [6, 6.07) is 13.2. The largest absolute Gasteiger partial charge is 0.478 e. The highest BCUT2D eigenvalue weighted by molar-refractivity contribution is 6.20. The Balaban J connectivity index is 2.42. The van der Waals surface area contributed by atoms with Gasteiger partial charge in [-0.25, -0.2) is 9.18 Å². The molecule has 0 unspecified atom stereocenters.